The third kappa shape index (κ3) is 2.82. The Morgan fingerprint density at radius 1 is 1.17 bits per heavy atom. The second-order valence-electron chi connectivity index (χ2n) is 3.47. The van der Waals surface area contributed by atoms with Gasteiger partial charge in [0.15, 0.2) is 0 Å². The van der Waals surface area contributed by atoms with E-state index in [2.05, 4.69) is 9.97 Å². The quantitative estimate of drug-likeness (QED) is 0.831. The van der Waals surface area contributed by atoms with Crippen LogP contribution in [0.4, 0.5) is 10.6 Å². The smallest absolute Gasteiger partial charge is 0.391 e. The lowest BCUT2D eigenvalue weighted by atomic mass is 10.4. The number of rotatable bonds is 3. The van der Waals surface area contributed by atoms with Crippen LogP contribution in [-0.2, 0) is 0 Å². The largest absolute Gasteiger partial charge is 0.422 e. The van der Waals surface area contributed by atoms with Crippen LogP contribution in [0.2, 0.25) is 0 Å². The number of pyridine rings is 2. The lowest BCUT2D eigenvalue weighted by molar-refractivity contribution is 0.206. The van der Waals surface area contributed by atoms with E-state index in [4.69, 9.17) is 4.74 Å². The second kappa shape index (κ2) is 5.77. The van der Waals surface area contributed by atoms with Crippen molar-refractivity contribution in [1.29, 1.82) is 0 Å². The first-order chi connectivity index (χ1) is 8.81. The molecule has 0 saturated carbocycles. The molecule has 0 aromatic carbocycles. The van der Waals surface area contributed by atoms with Gasteiger partial charge >= 0.3 is 6.09 Å². The van der Waals surface area contributed by atoms with Gasteiger partial charge in [0, 0.05) is 25.0 Å². The van der Waals surface area contributed by atoms with E-state index < -0.39 is 6.09 Å². The first-order valence-corrected chi connectivity index (χ1v) is 5.62. The van der Waals surface area contributed by atoms with Crippen LogP contribution in [0.3, 0.4) is 0 Å². The molecule has 0 unspecified atom stereocenters. The average Bonchev–Trinajstić information content (AvgIpc) is 2.42. The number of hydrogen-bond acceptors (Lipinski definition) is 4. The average molecular weight is 243 g/mol. The van der Waals surface area contributed by atoms with Crippen molar-refractivity contribution in [3.8, 4) is 5.88 Å². The maximum Gasteiger partial charge on any atom is 0.422 e. The number of amides is 1. The Balaban J connectivity index is 2.12. The summed E-state index contributed by atoms with van der Waals surface area (Å²) in [4.78, 5) is 21.5. The molecule has 0 aliphatic carbocycles. The molecular formula is C13H13N3O2. The molecule has 0 saturated heterocycles. The molecule has 0 radical (unpaired) electrons. The van der Waals surface area contributed by atoms with Gasteiger partial charge in [0.25, 0.3) is 0 Å². The lowest BCUT2D eigenvalue weighted by Gasteiger charge is -2.18. The number of nitrogens with zero attached hydrogens (tertiary/aromatic N) is 3. The fourth-order valence-corrected chi connectivity index (χ4v) is 1.45. The predicted molar refractivity (Wildman–Crippen MR) is 67.5 cm³/mol. The Morgan fingerprint density at radius 3 is 2.44 bits per heavy atom. The van der Waals surface area contributed by atoms with Gasteiger partial charge in [-0.3, -0.25) is 4.90 Å². The molecule has 92 valence electrons. The summed E-state index contributed by atoms with van der Waals surface area (Å²) in [6, 6.07) is 10.5. The molecule has 5 heteroatoms. The molecule has 2 heterocycles. The van der Waals surface area contributed by atoms with E-state index in [0.717, 1.165) is 0 Å². The van der Waals surface area contributed by atoms with Crippen molar-refractivity contribution in [1.82, 2.24) is 9.97 Å². The van der Waals surface area contributed by atoms with Gasteiger partial charge in [0.1, 0.15) is 5.82 Å². The first-order valence-electron chi connectivity index (χ1n) is 5.62. The van der Waals surface area contributed by atoms with Crippen molar-refractivity contribution in [2.45, 2.75) is 6.92 Å². The minimum atomic E-state index is -0.491. The molecule has 0 fully saturated rings. The van der Waals surface area contributed by atoms with Crippen LogP contribution >= 0.6 is 0 Å². The molecule has 2 aromatic rings. The maximum absolute atomic E-state index is 12.0. The van der Waals surface area contributed by atoms with E-state index in [-0.39, 0.29) is 5.88 Å². The van der Waals surface area contributed by atoms with E-state index in [1.807, 2.05) is 13.0 Å². The molecule has 0 aliphatic heterocycles. The summed E-state index contributed by atoms with van der Waals surface area (Å²) >= 11 is 0. The number of ether oxygens (including phenoxy) is 1. The van der Waals surface area contributed by atoms with Gasteiger partial charge in [-0.05, 0) is 25.1 Å². The van der Waals surface area contributed by atoms with Crippen LogP contribution in [0.1, 0.15) is 6.92 Å². The summed E-state index contributed by atoms with van der Waals surface area (Å²) in [5.41, 5.74) is 0. The zero-order chi connectivity index (χ0) is 12.8. The highest BCUT2D eigenvalue weighted by Crippen LogP contribution is 2.12. The van der Waals surface area contributed by atoms with Gasteiger partial charge in [0.2, 0.25) is 5.88 Å². The predicted octanol–water partition coefficient (Wildman–Crippen LogP) is 2.50. The van der Waals surface area contributed by atoms with E-state index >= 15 is 0 Å². The molecule has 0 spiro atoms. The van der Waals surface area contributed by atoms with Crippen LogP contribution in [0, 0.1) is 0 Å². The molecule has 0 bridgehead atoms. The van der Waals surface area contributed by atoms with Gasteiger partial charge in [0.05, 0.1) is 0 Å². The molecule has 2 rings (SSSR count). The Bertz CT molecular complexity index is 502. The third-order valence-electron chi connectivity index (χ3n) is 2.29. The van der Waals surface area contributed by atoms with E-state index in [1.54, 1.807) is 42.7 Å². The fraction of sp³-hybridized carbons (Fsp3) is 0.154. The first kappa shape index (κ1) is 12.0. The topological polar surface area (TPSA) is 55.3 Å². The van der Waals surface area contributed by atoms with Gasteiger partial charge in [-0.15, -0.1) is 0 Å². The highest BCUT2D eigenvalue weighted by atomic mass is 16.6. The Labute approximate surface area is 105 Å². The summed E-state index contributed by atoms with van der Waals surface area (Å²) < 4.78 is 5.16. The van der Waals surface area contributed by atoms with Crippen LogP contribution in [0.5, 0.6) is 5.88 Å². The SMILES string of the molecule is CCN(C(=O)Oc1ccccn1)c1ccccn1. The molecule has 0 aliphatic rings. The van der Waals surface area contributed by atoms with Crippen molar-refractivity contribution in [3.05, 3.63) is 48.8 Å². The number of carbonyl (C=O) groups excluding carboxylic acids is 1. The minimum Gasteiger partial charge on any atom is -0.391 e. The number of anilines is 1. The zero-order valence-electron chi connectivity index (χ0n) is 9.98. The van der Waals surface area contributed by atoms with Crippen molar-refractivity contribution in [3.63, 3.8) is 0 Å². The number of hydrogen-bond donors (Lipinski definition) is 0. The standard InChI is InChI=1S/C13H13N3O2/c1-2-16(11-7-3-5-9-14-11)13(17)18-12-8-4-6-10-15-12/h3-10H,2H2,1H3. The summed E-state index contributed by atoms with van der Waals surface area (Å²) in [6.45, 7) is 2.33. The lowest BCUT2D eigenvalue weighted by Crippen LogP contribution is -2.34. The molecule has 2 aromatic heterocycles. The Morgan fingerprint density at radius 2 is 1.89 bits per heavy atom. The highest BCUT2D eigenvalue weighted by molar-refractivity contribution is 5.87. The monoisotopic (exact) mass is 243 g/mol. The summed E-state index contributed by atoms with van der Waals surface area (Å²) in [5.74, 6) is 0.831. The molecule has 18 heavy (non-hydrogen) atoms. The molecule has 0 atom stereocenters. The third-order valence-corrected chi connectivity index (χ3v) is 2.29. The maximum atomic E-state index is 12.0. The van der Waals surface area contributed by atoms with Gasteiger partial charge in [-0.2, -0.15) is 0 Å². The van der Waals surface area contributed by atoms with Crippen LogP contribution in [0.25, 0.3) is 0 Å². The Hall–Kier alpha value is -2.43. The van der Waals surface area contributed by atoms with Gasteiger partial charge in [-0.25, -0.2) is 14.8 Å². The highest BCUT2D eigenvalue weighted by Gasteiger charge is 2.17. The molecular weight excluding hydrogens is 230 g/mol. The number of carbonyl (C=O) groups is 1. The summed E-state index contributed by atoms with van der Waals surface area (Å²) in [5, 5.41) is 0. The van der Waals surface area contributed by atoms with Crippen molar-refractivity contribution in [2.24, 2.45) is 0 Å². The summed E-state index contributed by atoms with van der Waals surface area (Å²) in [7, 11) is 0. The van der Waals surface area contributed by atoms with Crippen LogP contribution < -0.4 is 9.64 Å². The number of aromatic nitrogens is 2. The second-order valence-corrected chi connectivity index (χ2v) is 3.47. The normalized spacial score (nSPS) is 9.83. The zero-order valence-corrected chi connectivity index (χ0v) is 9.98. The molecule has 5 nitrogen and oxygen atoms in total. The van der Waals surface area contributed by atoms with Crippen LogP contribution in [-0.4, -0.2) is 22.6 Å². The van der Waals surface area contributed by atoms with Crippen LogP contribution in [0.15, 0.2) is 48.8 Å². The molecule has 0 N–H and O–H groups in total. The summed E-state index contributed by atoms with van der Waals surface area (Å²) in [6.07, 6.45) is 2.71. The van der Waals surface area contributed by atoms with Crippen molar-refractivity contribution >= 4 is 11.9 Å². The van der Waals surface area contributed by atoms with Crippen molar-refractivity contribution in [2.75, 3.05) is 11.4 Å². The van der Waals surface area contributed by atoms with Crippen molar-refractivity contribution < 1.29 is 9.53 Å². The van der Waals surface area contributed by atoms with E-state index in [0.29, 0.717) is 12.4 Å². The van der Waals surface area contributed by atoms with E-state index in [9.17, 15) is 4.79 Å². The minimum absolute atomic E-state index is 0.275. The van der Waals surface area contributed by atoms with Gasteiger partial charge in [-0.1, -0.05) is 12.1 Å². The Kier molecular flexibility index (Phi) is 3.86. The van der Waals surface area contributed by atoms with Gasteiger partial charge < -0.3 is 4.74 Å². The van der Waals surface area contributed by atoms with E-state index in [1.165, 1.54) is 4.90 Å². The fourth-order valence-electron chi connectivity index (χ4n) is 1.45. The molecule has 1 amide bonds.